The molecule has 0 spiro atoms. The Morgan fingerprint density at radius 3 is 2.06 bits per heavy atom. The predicted octanol–water partition coefficient (Wildman–Crippen LogP) is 4.88. The van der Waals surface area contributed by atoms with Crippen LogP contribution in [0.2, 0.25) is 0 Å². The third-order valence-electron chi connectivity index (χ3n) is 5.17. The van der Waals surface area contributed by atoms with Crippen LogP contribution in [-0.2, 0) is 16.6 Å². The van der Waals surface area contributed by atoms with Crippen LogP contribution in [0.1, 0.15) is 29.3 Å². The van der Waals surface area contributed by atoms with Crippen LogP contribution in [0.25, 0.3) is 0 Å². The van der Waals surface area contributed by atoms with Gasteiger partial charge in [-0.1, -0.05) is 6.92 Å². The number of sulfonamides is 1. The van der Waals surface area contributed by atoms with Crippen molar-refractivity contribution in [2.24, 2.45) is 0 Å². The second-order valence-electron chi connectivity index (χ2n) is 8.03. The van der Waals surface area contributed by atoms with Gasteiger partial charge < -0.3 is 9.80 Å². The Balaban J connectivity index is 1.92. The third-order valence-corrected chi connectivity index (χ3v) is 6.57. The molecule has 0 saturated heterocycles. The summed E-state index contributed by atoms with van der Waals surface area (Å²) in [5.74, 6) is -1.20. The van der Waals surface area contributed by atoms with E-state index in [9.17, 15) is 22.0 Å². The molecule has 0 aliphatic rings. The molecule has 3 aromatic rings. The Labute approximate surface area is 198 Å². The van der Waals surface area contributed by atoms with Crippen LogP contribution in [0.3, 0.4) is 0 Å². The van der Waals surface area contributed by atoms with E-state index in [4.69, 9.17) is 0 Å². The molecule has 0 aromatic heterocycles. The summed E-state index contributed by atoms with van der Waals surface area (Å²) >= 11 is 0. The highest BCUT2D eigenvalue weighted by Gasteiger charge is 2.20. The van der Waals surface area contributed by atoms with E-state index in [0.717, 1.165) is 23.4 Å². The van der Waals surface area contributed by atoms with Crippen LogP contribution in [0.15, 0.2) is 71.6 Å². The first-order chi connectivity index (χ1) is 16.1. The summed E-state index contributed by atoms with van der Waals surface area (Å²) in [6.07, 6.45) is 0.709. The average molecular weight is 488 g/mol. The topological polar surface area (TPSA) is 69.7 Å². The molecule has 6 nitrogen and oxygen atoms in total. The van der Waals surface area contributed by atoms with Crippen molar-refractivity contribution in [1.82, 2.24) is 4.90 Å². The minimum absolute atomic E-state index is 0.0637. The fourth-order valence-corrected chi connectivity index (χ4v) is 4.59. The SMILES string of the molecule is CCCN(Cc1cc(NS(=O)(=O)c2ccc(F)cc2)ccc1N(C)C)C(=O)c1ccc(F)cc1. The van der Waals surface area contributed by atoms with Gasteiger partial charge in [-0.3, -0.25) is 9.52 Å². The average Bonchev–Trinajstić information content (AvgIpc) is 2.79. The number of carbonyl (C=O) groups is 1. The first kappa shape index (κ1) is 25.2. The van der Waals surface area contributed by atoms with E-state index < -0.39 is 21.7 Å². The lowest BCUT2D eigenvalue weighted by Crippen LogP contribution is -2.32. The molecule has 0 unspecified atom stereocenters. The van der Waals surface area contributed by atoms with Crippen molar-refractivity contribution in [1.29, 1.82) is 0 Å². The van der Waals surface area contributed by atoms with Gasteiger partial charge in [0.2, 0.25) is 0 Å². The maximum absolute atomic E-state index is 13.3. The maximum Gasteiger partial charge on any atom is 0.261 e. The number of hydrogen-bond donors (Lipinski definition) is 1. The number of halogens is 2. The van der Waals surface area contributed by atoms with Gasteiger partial charge >= 0.3 is 0 Å². The molecular formula is C25H27F2N3O3S. The number of benzene rings is 3. The van der Waals surface area contributed by atoms with Gasteiger partial charge in [0.1, 0.15) is 11.6 Å². The molecule has 1 amide bonds. The molecule has 3 aromatic carbocycles. The third kappa shape index (κ3) is 6.11. The number of rotatable bonds is 9. The highest BCUT2D eigenvalue weighted by atomic mass is 32.2. The lowest BCUT2D eigenvalue weighted by atomic mass is 10.1. The second kappa shape index (κ2) is 10.6. The summed E-state index contributed by atoms with van der Waals surface area (Å²) in [5, 5.41) is 0. The summed E-state index contributed by atoms with van der Waals surface area (Å²) in [6, 6.07) is 15.0. The van der Waals surface area contributed by atoms with Crippen LogP contribution in [0.4, 0.5) is 20.2 Å². The number of hydrogen-bond acceptors (Lipinski definition) is 4. The second-order valence-corrected chi connectivity index (χ2v) is 9.71. The molecule has 0 fully saturated rings. The van der Waals surface area contributed by atoms with E-state index in [1.165, 1.54) is 36.4 Å². The fraction of sp³-hybridized carbons (Fsp3) is 0.240. The minimum atomic E-state index is -3.93. The van der Waals surface area contributed by atoms with Gasteiger partial charge in [0.05, 0.1) is 4.90 Å². The summed E-state index contributed by atoms with van der Waals surface area (Å²) in [5.41, 5.74) is 2.23. The van der Waals surface area contributed by atoms with Gasteiger partial charge in [0.25, 0.3) is 15.9 Å². The molecular weight excluding hydrogens is 460 g/mol. The minimum Gasteiger partial charge on any atom is -0.377 e. The van der Waals surface area contributed by atoms with Crippen LogP contribution in [0, 0.1) is 11.6 Å². The molecule has 1 N–H and O–H groups in total. The molecule has 9 heteroatoms. The van der Waals surface area contributed by atoms with Crippen molar-refractivity contribution >= 4 is 27.3 Å². The smallest absolute Gasteiger partial charge is 0.261 e. The highest BCUT2D eigenvalue weighted by molar-refractivity contribution is 7.92. The molecule has 0 radical (unpaired) electrons. The van der Waals surface area contributed by atoms with Gasteiger partial charge in [0.15, 0.2) is 0 Å². The number of carbonyl (C=O) groups excluding carboxylic acids is 1. The zero-order valence-electron chi connectivity index (χ0n) is 19.3. The summed E-state index contributed by atoms with van der Waals surface area (Å²) < 4.78 is 54.5. The standard InChI is InChI=1S/C25H27F2N3O3S/c1-4-15-30(25(31)18-5-7-20(26)8-6-18)17-19-16-22(11-14-24(19)29(2)3)28-34(32,33)23-12-9-21(27)10-13-23/h5-14,16,28H,4,15,17H2,1-3H3. The van der Waals surface area contributed by atoms with Crippen molar-refractivity contribution < 1.29 is 22.0 Å². The summed E-state index contributed by atoms with van der Waals surface area (Å²) in [7, 11) is -0.220. The number of amides is 1. The van der Waals surface area contributed by atoms with Gasteiger partial charge in [0, 0.05) is 44.1 Å². The van der Waals surface area contributed by atoms with E-state index in [1.807, 2.05) is 25.9 Å². The molecule has 180 valence electrons. The zero-order chi connectivity index (χ0) is 24.9. The Morgan fingerprint density at radius 1 is 0.912 bits per heavy atom. The van der Waals surface area contributed by atoms with Crippen LogP contribution >= 0.6 is 0 Å². The Kier molecular flexibility index (Phi) is 7.88. The monoisotopic (exact) mass is 487 g/mol. The van der Waals surface area contributed by atoms with Gasteiger partial charge in [-0.05, 0) is 78.7 Å². The first-order valence-corrected chi connectivity index (χ1v) is 12.2. The first-order valence-electron chi connectivity index (χ1n) is 10.7. The zero-order valence-corrected chi connectivity index (χ0v) is 20.1. The van der Waals surface area contributed by atoms with E-state index in [-0.39, 0.29) is 17.3 Å². The molecule has 0 aliphatic carbocycles. The maximum atomic E-state index is 13.3. The Bertz CT molecular complexity index is 1250. The number of anilines is 2. The van der Waals surface area contributed by atoms with Gasteiger partial charge in [-0.25, -0.2) is 17.2 Å². The van der Waals surface area contributed by atoms with E-state index in [2.05, 4.69) is 4.72 Å². The fourth-order valence-electron chi connectivity index (χ4n) is 3.54. The quantitative estimate of drug-likeness (QED) is 0.467. The number of nitrogens with one attached hydrogen (secondary N) is 1. The normalized spacial score (nSPS) is 11.2. The van der Waals surface area contributed by atoms with Crippen molar-refractivity contribution in [3.05, 3.63) is 89.5 Å². The van der Waals surface area contributed by atoms with Crippen LogP contribution < -0.4 is 9.62 Å². The van der Waals surface area contributed by atoms with E-state index >= 15 is 0 Å². The van der Waals surface area contributed by atoms with Crippen LogP contribution in [-0.4, -0.2) is 39.9 Å². The van der Waals surface area contributed by atoms with Crippen LogP contribution in [0.5, 0.6) is 0 Å². The van der Waals surface area contributed by atoms with Crippen molar-refractivity contribution in [2.45, 2.75) is 24.8 Å². The predicted molar refractivity (Wildman–Crippen MR) is 129 cm³/mol. The molecule has 3 rings (SSSR count). The number of nitrogens with zero attached hydrogens (tertiary/aromatic N) is 2. The lowest BCUT2D eigenvalue weighted by molar-refractivity contribution is 0.0743. The van der Waals surface area contributed by atoms with Crippen molar-refractivity contribution in [2.75, 3.05) is 30.3 Å². The highest BCUT2D eigenvalue weighted by Crippen LogP contribution is 2.27. The molecule has 0 heterocycles. The van der Waals surface area contributed by atoms with Crippen molar-refractivity contribution in [3.8, 4) is 0 Å². The molecule has 0 aliphatic heterocycles. The molecule has 0 atom stereocenters. The summed E-state index contributed by atoms with van der Waals surface area (Å²) in [4.78, 5) is 16.6. The van der Waals surface area contributed by atoms with Crippen molar-refractivity contribution in [3.63, 3.8) is 0 Å². The largest absolute Gasteiger partial charge is 0.377 e. The lowest BCUT2D eigenvalue weighted by Gasteiger charge is -2.26. The summed E-state index contributed by atoms with van der Waals surface area (Å²) in [6.45, 7) is 2.64. The van der Waals surface area contributed by atoms with Gasteiger partial charge in [-0.2, -0.15) is 0 Å². The molecule has 0 bridgehead atoms. The molecule has 0 saturated carbocycles. The van der Waals surface area contributed by atoms with E-state index in [0.29, 0.717) is 24.2 Å². The Morgan fingerprint density at radius 2 is 1.50 bits per heavy atom. The molecule has 34 heavy (non-hydrogen) atoms. The Hall–Kier alpha value is -3.46. The van der Waals surface area contributed by atoms with E-state index in [1.54, 1.807) is 23.1 Å². The van der Waals surface area contributed by atoms with Gasteiger partial charge in [-0.15, -0.1) is 0 Å².